The molecule has 3 rings (SSSR count). The van der Waals surface area contributed by atoms with Gasteiger partial charge in [-0.05, 0) is 55.5 Å². The van der Waals surface area contributed by atoms with Gasteiger partial charge in [0.05, 0.1) is 40.8 Å². The van der Waals surface area contributed by atoms with Crippen LogP contribution >= 0.6 is 0 Å². The summed E-state index contributed by atoms with van der Waals surface area (Å²) in [7, 11) is 1.88. The molecular formula is C21H18F3N3. The summed E-state index contributed by atoms with van der Waals surface area (Å²) in [6, 6.07) is 16.4. The average molecular weight is 369 g/mol. The van der Waals surface area contributed by atoms with Crippen molar-refractivity contribution < 1.29 is 13.2 Å². The Morgan fingerprint density at radius 3 is 1.63 bits per heavy atom. The SMILES string of the molecule is Cc1ccc(N=Cc2ccc(C=Nc3ccc(C(F)(F)F)cc3)n2C)cc1. The largest absolute Gasteiger partial charge is 0.416 e. The Balaban J connectivity index is 1.73. The van der Waals surface area contributed by atoms with Crippen LogP contribution in [-0.4, -0.2) is 17.0 Å². The third kappa shape index (κ3) is 4.73. The lowest BCUT2D eigenvalue weighted by atomic mass is 10.2. The van der Waals surface area contributed by atoms with Crippen LogP contribution in [-0.2, 0) is 13.2 Å². The van der Waals surface area contributed by atoms with Gasteiger partial charge in [0.1, 0.15) is 0 Å². The first kappa shape index (κ1) is 18.6. The highest BCUT2D eigenvalue weighted by Crippen LogP contribution is 2.30. The predicted molar refractivity (Wildman–Crippen MR) is 103 cm³/mol. The molecule has 138 valence electrons. The molecule has 0 aliphatic rings. The molecular weight excluding hydrogens is 351 g/mol. The molecule has 0 unspecified atom stereocenters. The van der Waals surface area contributed by atoms with E-state index in [1.54, 1.807) is 12.4 Å². The number of alkyl halides is 3. The molecule has 0 bridgehead atoms. The lowest BCUT2D eigenvalue weighted by Gasteiger charge is -2.05. The smallest absolute Gasteiger partial charge is 0.342 e. The number of aromatic nitrogens is 1. The summed E-state index contributed by atoms with van der Waals surface area (Å²) < 4.78 is 39.7. The van der Waals surface area contributed by atoms with Gasteiger partial charge in [-0.1, -0.05) is 17.7 Å². The summed E-state index contributed by atoms with van der Waals surface area (Å²) in [6.45, 7) is 2.02. The lowest BCUT2D eigenvalue weighted by Crippen LogP contribution is -2.03. The zero-order chi connectivity index (χ0) is 19.4. The molecule has 0 aliphatic carbocycles. The second-order valence-corrected chi connectivity index (χ2v) is 6.14. The van der Waals surface area contributed by atoms with Crippen molar-refractivity contribution >= 4 is 23.8 Å². The highest BCUT2D eigenvalue weighted by Gasteiger charge is 2.29. The summed E-state index contributed by atoms with van der Waals surface area (Å²) >= 11 is 0. The maximum absolute atomic E-state index is 12.6. The summed E-state index contributed by atoms with van der Waals surface area (Å²) in [5.74, 6) is 0. The first-order chi connectivity index (χ1) is 12.8. The molecule has 3 nitrogen and oxygen atoms in total. The first-order valence-corrected chi connectivity index (χ1v) is 8.31. The molecule has 0 N–H and O–H groups in total. The van der Waals surface area contributed by atoms with Crippen molar-refractivity contribution in [1.29, 1.82) is 0 Å². The van der Waals surface area contributed by atoms with Crippen molar-refractivity contribution in [2.45, 2.75) is 13.1 Å². The molecule has 0 saturated carbocycles. The quantitative estimate of drug-likeness (QED) is 0.516. The fourth-order valence-electron chi connectivity index (χ4n) is 2.45. The summed E-state index contributed by atoms with van der Waals surface area (Å²) in [5.41, 5.74) is 3.52. The highest BCUT2D eigenvalue weighted by molar-refractivity contribution is 5.86. The van der Waals surface area contributed by atoms with Crippen LogP contribution in [0.2, 0.25) is 0 Å². The van der Waals surface area contributed by atoms with Crippen molar-refractivity contribution in [2.24, 2.45) is 17.0 Å². The van der Waals surface area contributed by atoms with Gasteiger partial charge >= 0.3 is 6.18 Å². The minimum atomic E-state index is -4.34. The molecule has 0 fully saturated rings. The number of rotatable bonds is 4. The highest BCUT2D eigenvalue weighted by atomic mass is 19.4. The zero-order valence-corrected chi connectivity index (χ0v) is 14.9. The molecule has 1 aromatic heterocycles. The maximum atomic E-state index is 12.6. The van der Waals surface area contributed by atoms with E-state index in [9.17, 15) is 13.2 Å². The minimum Gasteiger partial charge on any atom is -0.342 e. The van der Waals surface area contributed by atoms with Gasteiger partial charge in [0.2, 0.25) is 0 Å². The number of aryl methyl sites for hydroxylation is 1. The first-order valence-electron chi connectivity index (χ1n) is 8.31. The van der Waals surface area contributed by atoms with Crippen LogP contribution in [0.1, 0.15) is 22.5 Å². The zero-order valence-electron chi connectivity index (χ0n) is 14.9. The number of halogens is 3. The molecule has 0 spiro atoms. The molecule has 6 heteroatoms. The summed E-state index contributed by atoms with van der Waals surface area (Å²) in [5, 5.41) is 0. The van der Waals surface area contributed by atoms with Crippen molar-refractivity contribution in [1.82, 2.24) is 4.57 Å². The van der Waals surface area contributed by atoms with Gasteiger partial charge < -0.3 is 4.57 Å². The van der Waals surface area contributed by atoms with Crippen LogP contribution in [0.3, 0.4) is 0 Å². The van der Waals surface area contributed by atoms with E-state index in [4.69, 9.17) is 0 Å². The van der Waals surface area contributed by atoms with Gasteiger partial charge in [-0.15, -0.1) is 0 Å². The van der Waals surface area contributed by atoms with Crippen molar-refractivity contribution in [2.75, 3.05) is 0 Å². The fraction of sp³-hybridized carbons (Fsp3) is 0.143. The molecule has 27 heavy (non-hydrogen) atoms. The van der Waals surface area contributed by atoms with Gasteiger partial charge in [0.25, 0.3) is 0 Å². The van der Waals surface area contributed by atoms with Crippen LogP contribution in [0.25, 0.3) is 0 Å². The minimum absolute atomic E-state index is 0.457. The molecule has 3 aromatic rings. The summed E-state index contributed by atoms with van der Waals surface area (Å²) in [6.07, 6.45) is -0.960. The molecule has 1 heterocycles. The number of benzene rings is 2. The molecule has 2 aromatic carbocycles. The molecule has 0 atom stereocenters. The number of hydrogen-bond acceptors (Lipinski definition) is 2. The second kappa shape index (κ2) is 7.61. The topological polar surface area (TPSA) is 29.6 Å². The Bertz CT molecular complexity index is 963. The van der Waals surface area contributed by atoms with Crippen LogP contribution in [0.5, 0.6) is 0 Å². The maximum Gasteiger partial charge on any atom is 0.416 e. The molecule has 0 amide bonds. The fourth-order valence-corrected chi connectivity index (χ4v) is 2.45. The van der Waals surface area contributed by atoms with Gasteiger partial charge in [-0.25, -0.2) is 0 Å². The van der Waals surface area contributed by atoms with Crippen molar-refractivity contribution in [3.63, 3.8) is 0 Å². The van der Waals surface area contributed by atoms with Gasteiger partial charge in [0, 0.05) is 7.05 Å². The van der Waals surface area contributed by atoms with Gasteiger partial charge in [-0.2, -0.15) is 13.2 Å². The molecule has 0 radical (unpaired) electrons. The average Bonchev–Trinajstić information content (AvgIpc) is 2.99. The van der Waals surface area contributed by atoms with Crippen LogP contribution in [0.15, 0.2) is 70.6 Å². The van der Waals surface area contributed by atoms with Gasteiger partial charge in [0.15, 0.2) is 0 Å². The normalized spacial score (nSPS) is 12.3. The van der Waals surface area contributed by atoms with Crippen molar-refractivity contribution in [3.8, 4) is 0 Å². The van der Waals surface area contributed by atoms with E-state index >= 15 is 0 Å². The molecule has 0 aliphatic heterocycles. The van der Waals surface area contributed by atoms with Crippen LogP contribution in [0, 0.1) is 6.92 Å². The standard InChI is InChI=1S/C21H18F3N3/c1-15-3-7-17(8-4-15)25-13-19-11-12-20(27(19)2)14-26-18-9-5-16(6-10-18)21(22,23)24/h3-14H,1-2H3. The van der Waals surface area contributed by atoms with E-state index in [-0.39, 0.29) is 0 Å². The Morgan fingerprint density at radius 1 is 0.741 bits per heavy atom. The Morgan fingerprint density at radius 2 is 1.19 bits per heavy atom. The Labute approximate surface area is 155 Å². The predicted octanol–water partition coefficient (Wildman–Crippen LogP) is 5.85. The van der Waals surface area contributed by atoms with E-state index < -0.39 is 11.7 Å². The number of aliphatic imine (C=N–C) groups is 2. The number of hydrogen-bond donors (Lipinski definition) is 0. The van der Waals surface area contributed by atoms with E-state index in [0.717, 1.165) is 29.2 Å². The third-order valence-corrected chi connectivity index (χ3v) is 4.12. The Kier molecular flexibility index (Phi) is 5.26. The van der Waals surface area contributed by atoms with Crippen LogP contribution < -0.4 is 0 Å². The Hall–Kier alpha value is -3.15. The van der Waals surface area contributed by atoms with E-state index in [2.05, 4.69) is 9.98 Å². The second-order valence-electron chi connectivity index (χ2n) is 6.14. The lowest BCUT2D eigenvalue weighted by molar-refractivity contribution is -0.137. The summed E-state index contributed by atoms with van der Waals surface area (Å²) in [4.78, 5) is 8.69. The van der Waals surface area contributed by atoms with Crippen LogP contribution in [0.4, 0.5) is 24.5 Å². The van der Waals surface area contributed by atoms with Gasteiger partial charge in [-0.3, -0.25) is 9.98 Å². The van der Waals surface area contributed by atoms with E-state index in [0.29, 0.717) is 5.69 Å². The van der Waals surface area contributed by atoms with E-state index in [1.807, 2.05) is 54.9 Å². The number of nitrogens with zero attached hydrogens (tertiary/aromatic N) is 3. The monoisotopic (exact) mass is 369 g/mol. The van der Waals surface area contributed by atoms with Crippen molar-refractivity contribution in [3.05, 3.63) is 83.2 Å². The molecule has 0 saturated heterocycles. The van der Waals surface area contributed by atoms with E-state index in [1.165, 1.54) is 17.7 Å². The third-order valence-electron chi connectivity index (χ3n) is 4.12.